The average molecular weight is 440 g/mol. The molecule has 0 atom stereocenters. The zero-order chi connectivity index (χ0) is 21.6. The molecule has 0 spiro atoms. The molecule has 31 heavy (non-hydrogen) atoms. The summed E-state index contributed by atoms with van der Waals surface area (Å²) in [7, 11) is 0. The number of aromatic nitrogens is 2. The fourth-order valence-electron chi connectivity index (χ4n) is 4.52. The molecule has 1 N–H and O–H groups in total. The maximum absolute atomic E-state index is 12.4. The minimum Gasteiger partial charge on any atom is -0.368 e. The standard InChI is InChI=1S/C24H33N5OS/c1-18-7-6-10-21(19(18)2)28-13-15-29(16-14-28)23-24(26-12-11-25-23)31-17-22(30)27-20-8-4-3-5-9-20/h6-7,10-12,20H,3-5,8-9,13-17H2,1-2H3,(H,27,30). The van der Waals surface area contributed by atoms with Gasteiger partial charge in [0, 0.05) is 50.3 Å². The molecule has 6 nitrogen and oxygen atoms in total. The molecule has 1 aromatic heterocycles. The van der Waals surface area contributed by atoms with Crippen LogP contribution in [0.5, 0.6) is 0 Å². The van der Waals surface area contributed by atoms with Crippen LogP contribution >= 0.6 is 11.8 Å². The van der Waals surface area contributed by atoms with Crippen LogP contribution < -0.4 is 15.1 Å². The number of benzene rings is 1. The molecule has 0 unspecified atom stereocenters. The fourth-order valence-corrected chi connectivity index (χ4v) is 5.32. The topological polar surface area (TPSA) is 61.4 Å². The number of rotatable bonds is 6. The Balaban J connectivity index is 1.34. The van der Waals surface area contributed by atoms with E-state index in [1.807, 2.05) is 0 Å². The zero-order valence-electron chi connectivity index (χ0n) is 18.6. The van der Waals surface area contributed by atoms with Gasteiger partial charge in [-0.15, -0.1) is 0 Å². The first-order valence-electron chi connectivity index (χ1n) is 11.4. The van der Waals surface area contributed by atoms with E-state index in [-0.39, 0.29) is 5.91 Å². The monoisotopic (exact) mass is 439 g/mol. The first-order valence-corrected chi connectivity index (χ1v) is 12.4. The molecule has 166 valence electrons. The van der Waals surface area contributed by atoms with Gasteiger partial charge < -0.3 is 15.1 Å². The lowest BCUT2D eigenvalue weighted by Gasteiger charge is -2.38. The molecule has 1 aromatic carbocycles. The SMILES string of the molecule is Cc1cccc(N2CCN(c3nccnc3SCC(=O)NC3CCCCC3)CC2)c1C. The molecule has 2 aromatic rings. The van der Waals surface area contributed by atoms with Crippen molar-refractivity contribution < 1.29 is 4.79 Å². The van der Waals surface area contributed by atoms with E-state index in [1.165, 1.54) is 47.8 Å². The van der Waals surface area contributed by atoms with E-state index >= 15 is 0 Å². The van der Waals surface area contributed by atoms with E-state index in [4.69, 9.17) is 0 Å². The zero-order valence-corrected chi connectivity index (χ0v) is 19.5. The lowest BCUT2D eigenvalue weighted by Crippen LogP contribution is -2.47. The molecule has 2 heterocycles. The molecule has 1 amide bonds. The highest BCUT2D eigenvalue weighted by Crippen LogP contribution is 2.29. The number of amides is 1. The first-order chi connectivity index (χ1) is 15.1. The van der Waals surface area contributed by atoms with Gasteiger partial charge in [0.1, 0.15) is 5.03 Å². The van der Waals surface area contributed by atoms with Crippen molar-refractivity contribution in [2.24, 2.45) is 0 Å². The third-order valence-electron chi connectivity index (χ3n) is 6.45. The van der Waals surface area contributed by atoms with Gasteiger partial charge in [0.2, 0.25) is 5.91 Å². The summed E-state index contributed by atoms with van der Waals surface area (Å²) >= 11 is 1.50. The number of thioether (sulfide) groups is 1. The quantitative estimate of drug-likeness (QED) is 0.688. The Labute approximate surface area is 189 Å². The molecule has 1 aliphatic carbocycles. The average Bonchev–Trinajstić information content (AvgIpc) is 2.81. The van der Waals surface area contributed by atoms with Gasteiger partial charge in [0.25, 0.3) is 0 Å². The third kappa shape index (κ3) is 5.50. The van der Waals surface area contributed by atoms with Crippen molar-refractivity contribution in [3.63, 3.8) is 0 Å². The van der Waals surface area contributed by atoms with Gasteiger partial charge in [-0.1, -0.05) is 43.2 Å². The van der Waals surface area contributed by atoms with Crippen molar-refractivity contribution in [2.75, 3.05) is 41.7 Å². The summed E-state index contributed by atoms with van der Waals surface area (Å²) in [4.78, 5) is 26.3. The third-order valence-corrected chi connectivity index (χ3v) is 7.42. The van der Waals surface area contributed by atoms with Crippen molar-refractivity contribution in [3.8, 4) is 0 Å². The molecule has 1 saturated carbocycles. The summed E-state index contributed by atoms with van der Waals surface area (Å²) < 4.78 is 0. The number of nitrogens with zero attached hydrogens (tertiary/aromatic N) is 4. The molecule has 2 fully saturated rings. The number of aryl methyl sites for hydroxylation is 1. The highest BCUT2D eigenvalue weighted by Gasteiger charge is 2.23. The highest BCUT2D eigenvalue weighted by molar-refractivity contribution is 8.00. The van der Waals surface area contributed by atoms with Gasteiger partial charge in [0.15, 0.2) is 5.82 Å². The van der Waals surface area contributed by atoms with Crippen molar-refractivity contribution in [2.45, 2.75) is 57.0 Å². The number of carbonyl (C=O) groups is 1. The van der Waals surface area contributed by atoms with E-state index in [1.54, 1.807) is 12.4 Å². The van der Waals surface area contributed by atoms with E-state index in [9.17, 15) is 4.79 Å². The predicted octanol–water partition coefficient (Wildman–Crippen LogP) is 3.96. The van der Waals surface area contributed by atoms with Crippen LogP contribution in [0.3, 0.4) is 0 Å². The molecule has 2 aliphatic rings. The van der Waals surface area contributed by atoms with Gasteiger partial charge in [-0.05, 0) is 43.9 Å². The minimum atomic E-state index is 0.105. The van der Waals surface area contributed by atoms with E-state index < -0.39 is 0 Å². The second-order valence-electron chi connectivity index (χ2n) is 8.57. The molecule has 0 radical (unpaired) electrons. The van der Waals surface area contributed by atoms with Gasteiger partial charge >= 0.3 is 0 Å². The summed E-state index contributed by atoms with van der Waals surface area (Å²) in [6.07, 6.45) is 9.42. The number of hydrogen-bond donors (Lipinski definition) is 1. The largest absolute Gasteiger partial charge is 0.368 e. The van der Waals surface area contributed by atoms with Gasteiger partial charge in [-0.25, -0.2) is 9.97 Å². The maximum atomic E-state index is 12.4. The molecular weight excluding hydrogens is 406 g/mol. The first kappa shape index (κ1) is 21.9. The number of anilines is 2. The smallest absolute Gasteiger partial charge is 0.230 e. The normalized spacial score (nSPS) is 17.6. The summed E-state index contributed by atoms with van der Waals surface area (Å²) in [5.41, 5.74) is 4.02. The summed E-state index contributed by atoms with van der Waals surface area (Å²) in [6.45, 7) is 8.07. The second kappa shape index (κ2) is 10.4. The molecule has 1 saturated heterocycles. The van der Waals surface area contributed by atoms with Crippen LogP contribution in [0.1, 0.15) is 43.2 Å². The minimum absolute atomic E-state index is 0.105. The molecule has 0 bridgehead atoms. The van der Waals surface area contributed by atoms with Gasteiger partial charge in [-0.2, -0.15) is 0 Å². The summed E-state index contributed by atoms with van der Waals surface area (Å²) in [6, 6.07) is 6.87. The lowest BCUT2D eigenvalue weighted by molar-refractivity contribution is -0.119. The van der Waals surface area contributed by atoms with E-state index in [0.29, 0.717) is 11.8 Å². The number of nitrogens with one attached hydrogen (secondary N) is 1. The van der Waals surface area contributed by atoms with Crippen LogP contribution in [0.25, 0.3) is 0 Å². The molecular formula is C24H33N5OS. The van der Waals surface area contributed by atoms with Crippen LogP contribution in [0.15, 0.2) is 35.6 Å². The molecule has 4 rings (SSSR count). The summed E-state index contributed by atoms with van der Waals surface area (Å²) in [5.74, 6) is 1.40. The van der Waals surface area contributed by atoms with Crippen molar-refractivity contribution in [3.05, 3.63) is 41.7 Å². The Bertz CT molecular complexity index is 891. The van der Waals surface area contributed by atoms with Crippen LogP contribution in [-0.4, -0.2) is 53.8 Å². The van der Waals surface area contributed by atoms with E-state index in [2.05, 4.69) is 57.1 Å². The predicted molar refractivity (Wildman–Crippen MR) is 128 cm³/mol. The van der Waals surface area contributed by atoms with Gasteiger partial charge in [-0.3, -0.25) is 4.79 Å². The number of hydrogen-bond acceptors (Lipinski definition) is 6. The van der Waals surface area contributed by atoms with Crippen LogP contribution in [0, 0.1) is 13.8 Å². The van der Waals surface area contributed by atoms with E-state index in [0.717, 1.165) is 49.9 Å². The van der Waals surface area contributed by atoms with Crippen molar-refractivity contribution >= 4 is 29.2 Å². The number of piperazine rings is 1. The van der Waals surface area contributed by atoms with Crippen molar-refractivity contribution in [1.29, 1.82) is 0 Å². The Hall–Kier alpha value is -2.28. The molecule has 7 heteroatoms. The Morgan fingerprint density at radius 2 is 1.74 bits per heavy atom. The Morgan fingerprint density at radius 1 is 1.03 bits per heavy atom. The van der Waals surface area contributed by atoms with Crippen molar-refractivity contribution in [1.82, 2.24) is 15.3 Å². The molecule has 1 aliphatic heterocycles. The number of carbonyl (C=O) groups excluding carboxylic acids is 1. The van der Waals surface area contributed by atoms with Gasteiger partial charge in [0.05, 0.1) is 5.75 Å². The van der Waals surface area contributed by atoms with Crippen LogP contribution in [-0.2, 0) is 4.79 Å². The Morgan fingerprint density at radius 3 is 2.52 bits per heavy atom. The summed E-state index contributed by atoms with van der Waals surface area (Å²) in [5, 5.41) is 4.04. The highest BCUT2D eigenvalue weighted by atomic mass is 32.2. The lowest BCUT2D eigenvalue weighted by atomic mass is 9.95. The second-order valence-corrected chi connectivity index (χ2v) is 9.53. The fraction of sp³-hybridized carbons (Fsp3) is 0.542. The Kier molecular flexibility index (Phi) is 7.33. The maximum Gasteiger partial charge on any atom is 0.230 e. The van der Waals surface area contributed by atoms with Crippen LogP contribution in [0.2, 0.25) is 0 Å². The van der Waals surface area contributed by atoms with Crippen LogP contribution in [0.4, 0.5) is 11.5 Å².